The smallest absolute Gasteiger partial charge is 0.410 e. The fourth-order valence-corrected chi connectivity index (χ4v) is 2.17. The monoisotopic (exact) mass is 306 g/mol. The number of nitrogens with zero attached hydrogens (tertiary/aromatic N) is 2. The van der Waals surface area contributed by atoms with Gasteiger partial charge in [-0.25, -0.2) is 9.18 Å². The average molecular weight is 306 g/mol. The Kier molecular flexibility index (Phi) is 4.55. The fraction of sp³-hybridized carbons (Fsp3) is 0.500. The van der Waals surface area contributed by atoms with Crippen molar-refractivity contribution in [1.29, 1.82) is 5.26 Å². The van der Waals surface area contributed by atoms with Crippen molar-refractivity contribution < 1.29 is 18.7 Å². The topological polar surface area (TPSA) is 62.6 Å². The number of carbonyl (C=O) groups is 1. The normalized spacial score (nSPS) is 18.0. The second kappa shape index (κ2) is 6.22. The Hall–Kier alpha value is -2.29. The molecule has 0 radical (unpaired) electrons. The molecule has 1 aromatic carbocycles. The molecule has 0 unspecified atom stereocenters. The summed E-state index contributed by atoms with van der Waals surface area (Å²) in [6, 6.07) is 5.88. The van der Waals surface area contributed by atoms with Crippen LogP contribution in [0.2, 0.25) is 0 Å². The number of hydrogen-bond acceptors (Lipinski definition) is 4. The van der Waals surface area contributed by atoms with Crippen molar-refractivity contribution in [3.8, 4) is 11.8 Å². The number of nitriles is 1. The lowest BCUT2D eigenvalue weighted by Crippen LogP contribution is -2.36. The fourth-order valence-electron chi connectivity index (χ4n) is 2.17. The van der Waals surface area contributed by atoms with E-state index in [0.717, 1.165) is 0 Å². The van der Waals surface area contributed by atoms with Gasteiger partial charge in [0.05, 0.1) is 12.1 Å². The van der Waals surface area contributed by atoms with Gasteiger partial charge in [-0.1, -0.05) is 0 Å². The van der Waals surface area contributed by atoms with Crippen molar-refractivity contribution in [2.24, 2.45) is 0 Å². The molecule has 6 heteroatoms. The van der Waals surface area contributed by atoms with Gasteiger partial charge in [-0.15, -0.1) is 0 Å². The maximum atomic E-state index is 13.5. The minimum absolute atomic E-state index is 0.0193. The zero-order valence-corrected chi connectivity index (χ0v) is 12.9. The van der Waals surface area contributed by atoms with Crippen LogP contribution in [-0.2, 0) is 4.74 Å². The van der Waals surface area contributed by atoms with Gasteiger partial charge in [0, 0.05) is 19.0 Å². The van der Waals surface area contributed by atoms with Gasteiger partial charge in [0.1, 0.15) is 29.3 Å². The largest absolute Gasteiger partial charge is 0.488 e. The van der Waals surface area contributed by atoms with E-state index in [0.29, 0.717) is 25.3 Å². The number of rotatable bonds is 2. The first-order valence-electron chi connectivity index (χ1n) is 7.13. The quantitative estimate of drug-likeness (QED) is 0.842. The van der Waals surface area contributed by atoms with Gasteiger partial charge in [0.25, 0.3) is 0 Å². The van der Waals surface area contributed by atoms with E-state index in [4.69, 9.17) is 14.7 Å². The summed E-state index contributed by atoms with van der Waals surface area (Å²) in [5, 5.41) is 8.69. The molecule has 0 bridgehead atoms. The van der Waals surface area contributed by atoms with Crippen LogP contribution in [0.5, 0.6) is 5.75 Å². The van der Waals surface area contributed by atoms with Crippen LogP contribution in [0, 0.1) is 17.1 Å². The van der Waals surface area contributed by atoms with Crippen molar-refractivity contribution in [3.05, 3.63) is 29.6 Å². The van der Waals surface area contributed by atoms with E-state index in [1.165, 1.54) is 12.1 Å². The van der Waals surface area contributed by atoms with Crippen molar-refractivity contribution in [2.45, 2.75) is 38.9 Å². The first-order valence-corrected chi connectivity index (χ1v) is 7.13. The lowest BCUT2D eigenvalue weighted by atomic mass is 10.2. The van der Waals surface area contributed by atoms with Crippen molar-refractivity contribution in [2.75, 3.05) is 13.1 Å². The summed E-state index contributed by atoms with van der Waals surface area (Å²) in [6.45, 7) is 6.38. The highest BCUT2D eigenvalue weighted by atomic mass is 19.1. The molecule has 1 aliphatic heterocycles. The van der Waals surface area contributed by atoms with Crippen LogP contribution in [0.1, 0.15) is 32.8 Å². The predicted octanol–water partition coefficient (Wildman–Crippen LogP) is 3.09. The van der Waals surface area contributed by atoms with E-state index in [1.807, 2.05) is 20.8 Å². The maximum absolute atomic E-state index is 13.5. The molecule has 1 saturated heterocycles. The van der Waals surface area contributed by atoms with Crippen LogP contribution >= 0.6 is 0 Å². The summed E-state index contributed by atoms with van der Waals surface area (Å²) in [7, 11) is 0. The predicted molar refractivity (Wildman–Crippen MR) is 78.0 cm³/mol. The van der Waals surface area contributed by atoms with Crippen LogP contribution in [-0.4, -0.2) is 35.8 Å². The molecule has 1 atom stereocenters. The van der Waals surface area contributed by atoms with Crippen LogP contribution in [0.25, 0.3) is 0 Å². The van der Waals surface area contributed by atoms with E-state index in [-0.39, 0.29) is 17.8 Å². The molecule has 22 heavy (non-hydrogen) atoms. The van der Waals surface area contributed by atoms with Crippen molar-refractivity contribution in [1.82, 2.24) is 4.90 Å². The molecule has 2 rings (SSSR count). The SMILES string of the molecule is CC(C)(C)OC(=O)N1CC[C@H](Oc2ccc(C#N)c(F)c2)C1. The molecule has 118 valence electrons. The van der Waals surface area contributed by atoms with Crippen LogP contribution in [0.3, 0.4) is 0 Å². The first kappa shape index (κ1) is 16.1. The van der Waals surface area contributed by atoms with Gasteiger partial charge in [0.15, 0.2) is 0 Å². The molecule has 0 spiro atoms. The van der Waals surface area contributed by atoms with Gasteiger partial charge >= 0.3 is 6.09 Å². The number of benzene rings is 1. The molecule has 1 amide bonds. The van der Waals surface area contributed by atoms with Gasteiger partial charge in [-0.05, 0) is 32.9 Å². The number of halogens is 1. The number of ether oxygens (including phenoxy) is 2. The van der Waals surface area contributed by atoms with E-state index in [9.17, 15) is 9.18 Å². The first-order chi connectivity index (χ1) is 10.3. The Balaban J connectivity index is 1.93. The highest BCUT2D eigenvalue weighted by molar-refractivity contribution is 5.68. The van der Waals surface area contributed by atoms with E-state index in [2.05, 4.69) is 0 Å². The highest BCUT2D eigenvalue weighted by Crippen LogP contribution is 2.22. The lowest BCUT2D eigenvalue weighted by Gasteiger charge is -2.24. The molecule has 0 aliphatic carbocycles. The van der Waals surface area contributed by atoms with Gasteiger partial charge in [-0.2, -0.15) is 5.26 Å². The molecule has 1 aromatic rings. The second-order valence-electron chi connectivity index (χ2n) is 6.21. The highest BCUT2D eigenvalue weighted by Gasteiger charge is 2.30. The molecular weight excluding hydrogens is 287 g/mol. The summed E-state index contributed by atoms with van der Waals surface area (Å²) in [4.78, 5) is 13.5. The molecule has 1 heterocycles. The molecule has 5 nitrogen and oxygen atoms in total. The summed E-state index contributed by atoms with van der Waals surface area (Å²) in [6.07, 6.45) is 0.0744. The third kappa shape index (κ3) is 4.10. The summed E-state index contributed by atoms with van der Waals surface area (Å²) < 4.78 is 24.5. The Labute approximate surface area is 129 Å². The van der Waals surface area contributed by atoms with Gasteiger partial charge in [-0.3, -0.25) is 0 Å². The number of likely N-dealkylation sites (tertiary alicyclic amines) is 1. The molecule has 0 aromatic heterocycles. The molecule has 1 aliphatic rings. The lowest BCUT2D eigenvalue weighted by molar-refractivity contribution is 0.0275. The standard InChI is InChI=1S/C16H19FN2O3/c1-16(2,3)22-15(20)19-7-6-13(10-19)21-12-5-4-11(9-18)14(17)8-12/h4-5,8,13H,6-7,10H2,1-3H3/t13-/m0/s1. The van der Waals surface area contributed by atoms with E-state index >= 15 is 0 Å². The Morgan fingerprint density at radius 2 is 2.18 bits per heavy atom. The zero-order valence-electron chi connectivity index (χ0n) is 12.9. The van der Waals surface area contributed by atoms with Crippen LogP contribution < -0.4 is 4.74 Å². The molecule has 0 N–H and O–H groups in total. The molecule has 0 saturated carbocycles. The third-order valence-corrected chi connectivity index (χ3v) is 3.16. The van der Waals surface area contributed by atoms with E-state index < -0.39 is 11.4 Å². The van der Waals surface area contributed by atoms with Crippen molar-refractivity contribution >= 4 is 6.09 Å². The maximum Gasteiger partial charge on any atom is 0.410 e. The summed E-state index contributed by atoms with van der Waals surface area (Å²) in [5.74, 6) is -0.255. The number of amides is 1. The Morgan fingerprint density at radius 1 is 1.45 bits per heavy atom. The zero-order chi connectivity index (χ0) is 16.3. The Bertz CT molecular complexity index is 604. The Morgan fingerprint density at radius 3 is 2.77 bits per heavy atom. The average Bonchev–Trinajstić information content (AvgIpc) is 2.85. The number of hydrogen-bond donors (Lipinski definition) is 0. The van der Waals surface area contributed by atoms with Gasteiger partial charge < -0.3 is 14.4 Å². The van der Waals surface area contributed by atoms with Crippen LogP contribution in [0.15, 0.2) is 18.2 Å². The summed E-state index contributed by atoms with van der Waals surface area (Å²) >= 11 is 0. The van der Waals surface area contributed by atoms with E-state index in [1.54, 1.807) is 17.0 Å². The summed E-state index contributed by atoms with van der Waals surface area (Å²) in [5.41, 5.74) is -0.555. The minimum Gasteiger partial charge on any atom is -0.488 e. The van der Waals surface area contributed by atoms with Gasteiger partial charge in [0.2, 0.25) is 0 Å². The molecular formula is C16H19FN2O3. The molecule has 1 fully saturated rings. The van der Waals surface area contributed by atoms with Crippen LogP contribution in [0.4, 0.5) is 9.18 Å². The number of carbonyl (C=O) groups excluding carboxylic acids is 1. The minimum atomic E-state index is -0.609. The van der Waals surface area contributed by atoms with Crippen molar-refractivity contribution in [3.63, 3.8) is 0 Å². The third-order valence-electron chi connectivity index (χ3n) is 3.16. The second-order valence-corrected chi connectivity index (χ2v) is 6.21.